The lowest BCUT2D eigenvalue weighted by Gasteiger charge is -2.37. The Balaban J connectivity index is 1.63. The quantitative estimate of drug-likeness (QED) is 0.839. The van der Waals surface area contributed by atoms with Crippen LogP contribution in [0, 0.1) is 0 Å². The topological polar surface area (TPSA) is 84.1 Å². The summed E-state index contributed by atoms with van der Waals surface area (Å²) in [4.78, 5) is 23.9. The Morgan fingerprint density at radius 1 is 1.31 bits per heavy atom. The van der Waals surface area contributed by atoms with Gasteiger partial charge in [-0.25, -0.2) is 9.97 Å². The Morgan fingerprint density at radius 2 is 2.08 bits per heavy atom. The second-order valence-corrected chi connectivity index (χ2v) is 7.98. The van der Waals surface area contributed by atoms with Gasteiger partial charge in [-0.15, -0.1) is 0 Å². The van der Waals surface area contributed by atoms with E-state index in [-0.39, 0.29) is 11.4 Å². The molecule has 3 N–H and O–H groups in total. The molecule has 26 heavy (non-hydrogen) atoms. The third-order valence-corrected chi connectivity index (χ3v) is 5.42. The second kappa shape index (κ2) is 8.05. The molecule has 3 rings (SSSR count). The van der Waals surface area contributed by atoms with Gasteiger partial charge in [-0.1, -0.05) is 24.8 Å². The summed E-state index contributed by atoms with van der Waals surface area (Å²) in [6.07, 6.45) is 6.00. The first-order chi connectivity index (χ1) is 12.4. The minimum absolute atomic E-state index is 0.00593. The molecule has 0 saturated carbocycles. The van der Waals surface area contributed by atoms with Crippen molar-refractivity contribution in [2.24, 2.45) is 5.73 Å². The van der Waals surface area contributed by atoms with Crippen molar-refractivity contribution in [1.29, 1.82) is 0 Å². The van der Waals surface area contributed by atoms with E-state index in [0.717, 1.165) is 47.4 Å². The minimum atomic E-state index is -0.0715. The number of hydrogen-bond donors (Lipinski definition) is 2. The molecule has 1 fully saturated rings. The van der Waals surface area contributed by atoms with Gasteiger partial charge in [0.25, 0.3) is 0 Å². The van der Waals surface area contributed by atoms with Crippen molar-refractivity contribution >= 4 is 29.2 Å². The highest BCUT2D eigenvalue weighted by atomic mass is 32.2. The van der Waals surface area contributed by atoms with Crippen molar-refractivity contribution in [2.75, 3.05) is 23.3 Å². The summed E-state index contributed by atoms with van der Waals surface area (Å²) < 4.78 is 0. The molecule has 6 nitrogen and oxygen atoms in total. The molecule has 0 aliphatic carbocycles. The Morgan fingerprint density at radius 3 is 2.73 bits per heavy atom. The zero-order valence-corrected chi connectivity index (χ0v) is 16.1. The highest BCUT2D eigenvalue weighted by Crippen LogP contribution is 2.29. The maximum atomic E-state index is 11.5. The van der Waals surface area contributed by atoms with Crippen molar-refractivity contribution in [3.05, 3.63) is 36.7 Å². The third kappa shape index (κ3) is 4.95. The largest absolute Gasteiger partial charge is 0.355 e. The van der Waals surface area contributed by atoms with E-state index in [1.807, 2.05) is 37.4 Å². The number of hydrogen-bond acceptors (Lipinski definition) is 6. The molecule has 0 unspecified atom stereocenters. The number of rotatable bonds is 5. The van der Waals surface area contributed by atoms with E-state index in [9.17, 15) is 4.79 Å². The van der Waals surface area contributed by atoms with Crippen LogP contribution >= 0.6 is 11.8 Å². The molecule has 0 radical (unpaired) electrons. The van der Waals surface area contributed by atoms with Crippen LogP contribution in [0.3, 0.4) is 0 Å². The number of nitrogens with one attached hydrogen (secondary N) is 1. The maximum absolute atomic E-state index is 11.5. The Labute approximate surface area is 158 Å². The van der Waals surface area contributed by atoms with Gasteiger partial charge in [0.2, 0.25) is 5.91 Å². The fourth-order valence-corrected chi connectivity index (χ4v) is 3.56. The number of aromatic nitrogens is 2. The molecule has 1 aliphatic heterocycles. The number of carbonyl (C=O) groups excluding carboxylic acids is 1. The van der Waals surface area contributed by atoms with Crippen molar-refractivity contribution in [2.45, 2.75) is 48.6 Å². The zero-order valence-electron chi connectivity index (χ0n) is 15.2. The molecule has 2 heterocycles. The summed E-state index contributed by atoms with van der Waals surface area (Å²) in [7, 11) is 0. The molecule has 138 valence electrons. The smallest absolute Gasteiger partial charge is 0.224 e. The van der Waals surface area contributed by atoms with Gasteiger partial charge in [0.1, 0.15) is 10.8 Å². The van der Waals surface area contributed by atoms with Crippen LogP contribution in [0.15, 0.2) is 46.6 Å². The number of nitrogens with two attached hydrogens (primary N) is 1. The van der Waals surface area contributed by atoms with Crippen LogP contribution in [0.2, 0.25) is 0 Å². The fraction of sp³-hybridized carbons (Fsp3) is 0.421. The van der Waals surface area contributed by atoms with Gasteiger partial charge < -0.3 is 16.0 Å². The summed E-state index contributed by atoms with van der Waals surface area (Å²) in [5.41, 5.74) is 6.91. The Kier molecular flexibility index (Phi) is 5.78. The van der Waals surface area contributed by atoms with Gasteiger partial charge in [0.15, 0.2) is 0 Å². The van der Waals surface area contributed by atoms with E-state index < -0.39 is 0 Å². The van der Waals surface area contributed by atoms with E-state index in [1.54, 1.807) is 6.20 Å². The summed E-state index contributed by atoms with van der Waals surface area (Å²) in [6.45, 7) is 5.76. The first-order valence-electron chi connectivity index (χ1n) is 8.89. The second-order valence-electron chi connectivity index (χ2n) is 6.89. The molecule has 0 atom stereocenters. The number of amides is 1. The lowest BCUT2D eigenvalue weighted by molar-refractivity contribution is -0.115. The summed E-state index contributed by atoms with van der Waals surface area (Å²) >= 11 is 1.53. The zero-order chi connectivity index (χ0) is 18.6. The average molecular weight is 372 g/mol. The molecule has 1 aromatic heterocycles. The van der Waals surface area contributed by atoms with Gasteiger partial charge in [-0.2, -0.15) is 0 Å². The monoisotopic (exact) mass is 371 g/mol. The van der Waals surface area contributed by atoms with Crippen molar-refractivity contribution in [1.82, 2.24) is 9.97 Å². The molecular weight excluding hydrogens is 346 g/mol. The summed E-state index contributed by atoms with van der Waals surface area (Å²) in [6, 6.07) is 7.75. The predicted octanol–water partition coefficient (Wildman–Crippen LogP) is 3.29. The van der Waals surface area contributed by atoms with Gasteiger partial charge in [-0.05, 0) is 38.0 Å². The molecule has 0 spiro atoms. The molecule has 0 bridgehead atoms. The molecular formula is C19H25N5OS. The van der Waals surface area contributed by atoms with E-state index in [2.05, 4.69) is 27.1 Å². The number of carbonyl (C=O) groups is 1. The highest BCUT2D eigenvalue weighted by molar-refractivity contribution is 7.99. The first kappa shape index (κ1) is 18.7. The first-order valence-corrected chi connectivity index (χ1v) is 9.70. The lowest BCUT2D eigenvalue weighted by atomic mass is 9.91. The SMILES string of the molecule is CCC(=O)Nc1cccc(Sc2cnc(N3CCC(C)(N)CC3)cn2)c1. The number of benzene rings is 1. The number of piperidine rings is 1. The van der Waals surface area contributed by atoms with Crippen LogP contribution in [0.4, 0.5) is 11.5 Å². The van der Waals surface area contributed by atoms with E-state index >= 15 is 0 Å². The standard InChI is InChI=1S/C19H25N5OS/c1-3-17(25)23-14-5-4-6-15(11-14)26-18-13-21-16(12-22-18)24-9-7-19(2,20)8-10-24/h4-6,11-13H,3,7-10,20H2,1-2H3,(H,23,25). The van der Waals surface area contributed by atoms with Crippen LogP contribution in [0.25, 0.3) is 0 Å². The van der Waals surface area contributed by atoms with E-state index in [0.29, 0.717) is 6.42 Å². The van der Waals surface area contributed by atoms with Crippen LogP contribution in [0.1, 0.15) is 33.1 Å². The molecule has 1 aliphatic rings. The number of anilines is 2. The molecule has 1 amide bonds. The van der Waals surface area contributed by atoms with Crippen LogP contribution < -0.4 is 16.0 Å². The van der Waals surface area contributed by atoms with Crippen molar-refractivity contribution in [3.63, 3.8) is 0 Å². The Hall–Kier alpha value is -2.12. The van der Waals surface area contributed by atoms with Crippen LogP contribution in [-0.4, -0.2) is 34.5 Å². The predicted molar refractivity (Wildman–Crippen MR) is 106 cm³/mol. The maximum Gasteiger partial charge on any atom is 0.224 e. The molecule has 1 aromatic carbocycles. The minimum Gasteiger partial charge on any atom is -0.355 e. The van der Waals surface area contributed by atoms with Crippen LogP contribution in [0.5, 0.6) is 0 Å². The van der Waals surface area contributed by atoms with E-state index in [4.69, 9.17) is 5.73 Å². The van der Waals surface area contributed by atoms with Crippen molar-refractivity contribution < 1.29 is 4.79 Å². The Bertz CT molecular complexity index is 753. The highest BCUT2D eigenvalue weighted by Gasteiger charge is 2.26. The summed E-state index contributed by atoms with van der Waals surface area (Å²) in [5, 5.41) is 3.70. The van der Waals surface area contributed by atoms with Crippen molar-refractivity contribution in [3.8, 4) is 0 Å². The summed E-state index contributed by atoms with van der Waals surface area (Å²) in [5.74, 6) is 0.903. The number of nitrogens with zero attached hydrogens (tertiary/aromatic N) is 3. The normalized spacial score (nSPS) is 16.3. The van der Waals surface area contributed by atoms with E-state index in [1.165, 1.54) is 11.8 Å². The molecule has 2 aromatic rings. The average Bonchev–Trinajstić information content (AvgIpc) is 2.63. The molecule has 1 saturated heterocycles. The van der Waals surface area contributed by atoms with Gasteiger partial charge >= 0.3 is 0 Å². The van der Waals surface area contributed by atoms with Gasteiger partial charge in [0, 0.05) is 35.6 Å². The fourth-order valence-electron chi connectivity index (χ4n) is 2.78. The van der Waals surface area contributed by atoms with Gasteiger partial charge in [0.05, 0.1) is 12.4 Å². The molecule has 7 heteroatoms. The lowest BCUT2D eigenvalue weighted by Crippen LogP contribution is -2.48. The van der Waals surface area contributed by atoms with Crippen LogP contribution in [-0.2, 0) is 4.79 Å². The van der Waals surface area contributed by atoms with Gasteiger partial charge in [-0.3, -0.25) is 4.79 Å². The third-order valence-electron chi connectivity index (χ3n) is 4.51.